The Hall–Kier alpha value is -1.11. The van der Waals surface area contributed by atoms with E-state index in [-0.39, 0.29) is 0 Å². The molecule has 6 heteroatoms. The van der Waals surface area contributed by atoms with Gasteiger partial charge < -0.3 is 20.1 Å². The molecule has 5 nitrogen and oxygen atoms in total. The lowest BCUT2D eigenvalue weighted by Crippen LogP contribution is -2.38. The average Bonchev–Trinajstić information content (AvgIpc) is 3.25. The lowest BCUT2D eigenvalue weighted by Gasteiger charge is -2.14. The Morgan fingerprint density at radius 1 is 1.52 bits per heavy atom. The molecule has 0 spiro atoms. The highest BCUT2D eigenvalue weighted by Gasteiger charge is 2.15. The number of nitrogens with one attached hydrogen (secondary N) is 2. The van der Waals surface area contributed by atoms with Gasteiger partial charge in [0.15, 0.2) is 5.96 Å². The molecule has 1 aromatic rings. The van der Waals surface area contributed by atoms with Gasteiger partial charge in [-0.15, -0.1) is 0 Å². The number of guanidine groups is 1. The number of hydrogen-bond acceptors (Lipinski definition) is 4. The first kappa shape index (κ1) is 18.2. The lowest BCUT2D eigenvalue weighted by atomic mass is 10.1. The molecule has 0 amide bonds. The zero-order chi connectivity index (χ0) is 16.3. The molecule has 130 valence electrons. The van der Waals surface area contributed by atoms with E-state index in [0.29, 0.717) is 12.0 Å². The molecule has 2 N–H and O–H groups in total. The zero-order valence-corrected chi connectivity index (χ0v) is 15.0. The van der Waals surface area contributed by atoms with E-state index < -0.39 is 0 Å². The van der Waals surface area contributed by atoms with Crippen molar-refractivity contribution < 1.29 is 9.47 Å². The third-order valence-corrected chi connectivity index (χ3v) is 4.54. The third kappa shape index (κ3) is 6.89. The molecule has 1 aromatic heterocycles. The number of hydrogen-bond donors (Lipinski definition) is 2. The minimum atomic E-state index is 0.295. The van der Waals surface area contributed by atoms with Gasteiger partial charge in [0.25, 0.3) is 0 Å². The molecule has 1 aliphatic rings. The maximum absolute atomic E-state index is 5.77. The van der Waals surface area contributed by atoms with Crippen LogP contribution in [0, 0.1) is 0 Å². The highest BCUT2D eigenvalue weighted by Crippen LogP contribution is 2.18. The van der Waals surface area contributed by atoms with Crippen LogP contribution in [0.25, 0.3) is 0 Å². The first-order valence-corrected chi connectivity index (χ1v) is 9.47. The molecule has 2 rings (SSSR count). The summed E-state index contributed by atoms with van der Waals surface area (Å²) in [5, 5.41) is 11.0. The van der Waals surface area contributed by atoms with Crippen LogP contribution in [0.4, 0.5) is 0 Å². The van der Waals surface area contributed by atoms with Gasteiger partial charge in [-0.05, 0) is 42.2 Å². The van der Waals surface area contributed by atoms with Crippen LogP contribution in [0.2, 0.25) is 0 Å². The smallest absolute Gasteiger partial charge is 0.191 e. The highest BCUT2D eigenvalue weighted by molar-refractivity contribution is 7.07. The molecule has 2 heterocycles. The molecule has 0 aliphatic carbocycles. The standard InChI is InChI=1S/C17H29N3O2S/c1-3-18-17(20-11-14(2)15-6-10-23-13-15)19-7-4-8-22-16-5-9-21-12-16/h6,10,13-14,16H,3-5,7-9,11-12H2,1-2H3,(H2,18,19,20). The summed E-state index contributed by atoms with van der Waals surface area (Å²) in [5.74, 6) is 1.33. The molecule has 0 saturated carbocycles. The van der Waals surface area contributed by atoms with Crippen LogP contribution >= 0.6 is 11.3 Å². The summed E-state index contributed by atoms with van der Waals surface area (Å²) in [7, 11) is 0. The van der Waals surface area contributed by atoms with E-state index in [4.69, 9.17) is 9.47 Å². The highest BCUT2D eigenvalue weighted by atomic mass is 32.1. The second-order valence-electron chi connectivity index (χ2n) is 5.81. The van der Waals surface area contributed by atoms with Crippen LogP contribution in [0.3, 0.4) is 0 Å². The number of aliphatic imine (C=N–C) groups is 1. The minimum absolute atomic E-state index is 0.295. The molecule has 2 unspecified atom stereocenters. The van der Waals surface area contributed by atoms with Crippen LogP contribution < -0.4 is 10.6 Å². The summed E-state index contributed by atoms with van der Waals surface area (Å²) in [5.41, 5.74) is 1.36. The molecule has 0 bridgehead atoms. The van der Waals surface area contributed by atoms with E-state index in [9.17, 15) is 0 Å². The van der Waals surface area contributed by atoms with Crippen LogP contribution in [0.15, 0.2) is 21.8 Å². The Morgan fingerprint density at radius 2 is 2.43 bits per heavy atom. The summed E-state index contributed by atoms with van der Waals surface area (Å²) in [6, 6.07) is 2.18. The van der Waals surface area contributed by atoms with Gasteiger partial charge in [0.2, 0.25) is 0 Å². The van der Waals surface area contributed by atoms with E-state index in [1.165, 1.54) is 5.56 Å². The van der Waals surface area contributed by atoms with Crippen molar-refractivity contribution in [3.8, 4) is 0 Å². The van der Waals surface area contributed by atoms with Crippen LogP contribution in [-0.4, -0.2) is 51.5 Å². The average molecular weight is 340 g/mol. The summed E-state index contributed by atoms with van der Waals surface area (Å²) in [4.78, 5) is 4.68. The van der Waals surface area contributed by atoms with E-state index in [1.54, 1.807) is 11.3 Å². The maximum Gasteiger partial charge on any atom is 0.191 e. The molecule has 1 aliphatic heterocycles. The van der Waals surface area contributed by atoms with Gasteiger partial charge in [0.1, 0.15) is 0 Å². The second-order valence-corrected chi connectivity index (χ2v) is 6.59. The molecule has 0 aromatic carbocycles. The SMILES string of the molecule is CCNC(=NCC(C)c1ccsc1)NCCCOC1CCOC1. The van der Waals surface area contributed by atoms with Gasteiger partial charge in [0, 0.05) is 38.8 Å². The maximum atomic E-state index is 5.77. The Balaban J connectivity index is 1.64. The Kier molecular flexibility index (Phi) is 8.42. The van der Waals surface area contributed by atoms with Gasteiger partial charge in [0.05, 0.1) is 12.7 Å². The minimum Gasteiger partial charge on any atom is -0.379 e. The van der Waals surface area contributed by atoms with Crippen molar-refractivity contribution in [3.63, 3.8) is 0 Å². The summed E-state index contributed by atoms with van der Waals surface area (Å²) >= 11 is 1.74. The second kappa shape index (κ2) is 10.6. The Labute approximate surface area is 143 Å². The first-order chi connectivity index (χ1) is 11.3. The first-order valence-electron chi connectivity index (χ1n) is 8.53. The fourth-order valence-corrected chi connectivity index (χ4v) is 3.19. The molecule has 23 heavy (non-hydrogen) atoms. The van der Waals surface area contributed by atoms with Crippen molar-refractivity contribution in [2.75, 3.05) is 39.5 Å². The van der Waals surface area contributed by atoms with E-state index in [1.807, 2.05) is 0 Å². The zero-order valence-electron chi connectivity index (χ0n) is 14.2. The molecule has 0 radical (unpaired) electrons. The molecular formula is C17H29N3O2S. The van der Waals surface area contributed by atoms with Crippen LogP contribution in [0.1, 0.15) is 38.2 Å². The van der Waals surface area contributed by atoms with E-state index in [0.717, 1.165) is 58.3 Å². The van der Waals surface area contributed by atoms with Crippen molar-refractivity contribution in [1.82, 2.24) is 10.6 Å². The fraction of sp³-hybridized carbons (Fsp3) is 0.706. The van der Waals surface area contributed by atoms with Crippen molar-refractivity contribution in [2.45, 2.75) is 38.7 Å². The largest absolute Gasteiger partial charge is 0.379 e. The summed E-state index contributed by atoms with van der Waals surface area (Å²) in [6.45, 7) is 9.18. The van der Waals surface area contributed by atoms with Crippen molar-refractivity contribution in [3.05, 3.63) is 22.4 Å². The van der Waals surface area contributed by atoms with Gasteiger partial charge >= 0.3 is 0 Å². The number of rotatable bonds is 9. The van der Waals surface area contributed by atoms with Gasteiger partial charge in [-0.2, -0.15) is 11.3 Å². The third-order valence-electron chi connectivity index (χ3n) is 3.83. The summed E-state index contributed by atoms with van der Waals surface area (Å²) < 4.78 is 11.1. The molecule has 2 atom stereocenters. The number of nitrogens with zero attached hydrogens (tertiary/aromatic N) is 1. The number of ether oxygens (including phenoxy) is 2. The summed E-state index contributed by atoms with van der Waals surface area (Å²) in [6.07, 6.45) is 2.29. The molecule has 1 saturated heterocycles. The van der Waals surface area contributed by atoms with Crippen molar-refractivity contribution in [2.24, 2.45) is 4.99 Å². The van der Waals surface area contributed by atoms with Crippen LogP contribution in [0.5, 0.6) is 0 Å². The van der Waals surface area contributed by atoms with E-state index >= 15 is 0 Å². The Bertz CT molecular complexity index is 445. The normalized spacial score (nSPS) is 19.7. The van der Waals surface area contributed by atoms with Gasteiger partial charge in [-0.3, -0.25) is 4.99 Å². The van der Waals surface area contributed by atoms with Gasteiger partial charge in [-0.25, -0.2) is 0 Å². The topological polar surface area (TPSA) is 54.9 Å². The van der Waals surface area contributed by atoms with Gasteiger partial charge in [-0.1, -0.05) is 6.92 Å². The Morgan fingerprint density at radius 3 is 3.13 bits per heavy atom. The van der Waals surface area contributed by atoms with Crippen LogP contribution in [-0.2, 0) is 9.47 Å². The lowest BCUT2D eigenvalue weighted by molar-refractivity contribution is 0.0420. The molecule has 1 fully saturated rings. The quantitative estimate of drug-likeness (QED) is 0.412. The predicted molar refractivity (Wildman–Crippen MR) is 96.5 cm³/mol. The number of thiophene rings is 1. The fourth-order valence-electron chi connectivity index (χ4n) is 2.40. The molecular weight excluding hydrogens is 310 g/mol. The van der Waals surface area contributed by atoms with E-state index in [2.05, 4.69) is 46.3 Å². The van der Waals surface area contributed by atoms with Crippen molar-refractivity contribution >= 4 is 17.3 Å². The predicted octanol–water partition coefficient (Wildman–Crippen LogP) is 2.60. The monoisotopic (exact) mass is 339 g/mol. The van der Waals surface area contributed by atoms with Crippen molar-refractivity contribution in [1.29, 1.82) is 0 Å².